The van der Waals surface area contributed by atoms with Crippen LogP contribution in [0.15, 0.2) is 24.3 Å². The molecule has 0 aliphatic rings. The highest BCUT2D eigenvalue weighted by Gasteiger charge is 2.07. The van der Waals surface area contributed by atoms with Gasteiger partial charge in [-0.25, -0.2) is 0 Å². The van der Waals surface area contributed by atoms with Gasteiger partial charge in [0.05, 0.1) is 0 Å². The minimum atomic E-state index is 0.0125. The molecular weight excluding hydrogens is 176 g/mol. The lowest BCUT2D eigenvalue weighted by molar-refractivity contribution is 0.0827. The normalized spacial score (nSPS) is 12.3. The summed E-state index contributed by atoms with van der Waals surface area (Å²) in [6.07, 6.45) is 0. The molecule has 3 nitrogen and oxygen atoms in total. The van der Waals surface area contributed by atoms with Gasteiger partial charge in [0.15, 0.2) is 0 Å². The number of carbonyl (C=O) groups excluding carboxylic acids is 1. The van der Waals surface area contributed by atoms with E-state index in [0.717, 1.165) is 5.56 Å². The predicted molar refractivity (Wildman–Crippen MR) is 57.1 cm³/mol. The highest BCUT2D eigenvalue weighted by molar-refractivity contribution is 5.93. The minimum Gasteiger partial charge on any atom is -0.345 e. The van der Waals surface area contributed by atoms with E-state index in [-0.39, 0.29) is 11.9 Å². The van der Waals surface area contributed by atoms with E-state index < -0.39 is 0 Å². The van der Waals surface area contributed by atoms with Gasteiger partial charge in [0.2, 0.25) is 0 Å². The molecule has 14 heavy (non-hydrogen) atoms. The third kappa shape index (κ3) is 2.33. The van der Waals surface area contributed by atoms with Crippen LogP contribution in [0.5, 0.6) is 0 Å². The van der Waals surface area contributed by atoms with Gasteiger partial charge in [0, 0.05) is 25.7 Å². The van der Waals surface area contributed by atoms with Crippen molar-refractivity contribution in [3.05, 3.63) is 35.4 Å². The van der Waals surface area contributed by atoms with Crippen LogP contribution in [0.1, 0.15) is 28.9 Å². The lowest BCUT2D eigenvalue weighted by Crippen LogP contribution is -2.21. The van der Waals surface area contributed by atoms with E-state index in [1.54, 1.807) is 31.1 Å². The van der Waals surface area contributed by atoms with E-state index in [4.69, 9.17) is 5.73 Å². The predicted octanol–water partition coefficient (Wildman–Crippen LogP) is 1.41. The Labute approximate surface area is 84.5 Å². The Morgan fingerprint density at radius 2 is 1.79 bits per heavy atom. The summed E-state index contributed by atoms with van der Waals surface area (Å²) >= 11 is 0. The van der Waals surface area contributed by atoms with Crippen molar-refractivity contribution in [2.24, 2.45) is 5.73 Å². The van der Waals surface area contributed by atoms with Crippen molar-refractivity contribution in [3.63, 3.8) is 0 Å². The molecule has 1 atom stereocenters. The maximum absolute atomic E-state index is 11.5. The second kappa shape index (κ2) is 4.24. The summed E-state index contributed by atoms with van der Waals surface area (Å²) in [7, 11) is 3.48. The molecule has 0 fully saturated rings. The zero-order valence-electron chi connectivity index (χ0n) is 8.82. The maximum atomic E-state index is 11.5. The van der Waals surface area contributed by atoms with E-state index >= 15 is 0 Å². The van der Waals surface area contributed by atoms with Gasteiger partial charge in [-0.3, -0.25) is 4.79 Å². The first-order valence-electron chi connectivity index (χ1n) is 4.59. The standard InChI is InChI=1S/C11H16N2O/c1-8(12)9-4-6-10(7-5-9)11(14)13(2)3/h4-8H,12H2,1-3H3/t8-/m0/s1. The highest BCUT2D eigenvalue weighted by Crippen LogP contribution is 2.11. The van der Waals surface area contributed by atoms with Gasteiger partial charge in [-0.2, -0.15) is 0 Å². The second-order valence-electron chi connectivity index (χ2n) is 3.61. The Hall–Kier alpha value is -1.35. The maximum Gasteiger partial charge on any atom is 0.253 e. The van der Waals surface area contributed by atoms with Crippen LogP contribution in [0.3, 0.4) is 0 Å². The fourth-order valence-electron chi connectivity index (χ4n) is 1.19. The molecule has 1 aromatic carbocycles. The quantitative estimate of drug-likeness (QED) is 0.770. The van der Waals surface area contributed by atoms with Crippen LogP contribution in [0, 0.1) is 0 Å². The van der Waals surface area contributed by atoms with Crippen LogP contribution in [-0.2, 0) is 0 Å². The van der Waals surface area contributed by atoms with Crippen molar-refractivity contribution < 1.29 is 4.79 Å². The number of amides is 1. The first-order valence-corrected chi connectivity index (χ1v) is 4.59. The van der Waals surface area contributed by atoms with Crippen molar-refractivity contribution in [3.8, 4) is 0 Å². The summed E-state index contributed by atoms with van der Waals surface area (Å²) in [4.78, 5) is 13.1. The molecule has 0 radical (unpaired) electrons. The second-order valence-corrected chi connectivity index (χ2v) is 3.61. The first kappa shape index (κ1) is 10.7. The number of hydrogen-bond donors (Lipinski definition) is 1. The fraction of sp³-hybridized carbons (Fsp3) is 0.364. The molecule has 0 saturated carbocycles. The molecule has 0 unspecified atom stereocenters. The summed E-state index contributed by atoms with van der Waals surface area (Å²) in [5.74, 6) is 0.0150. The molecular formula is C11H16N2O. The van der Waals surface area contributed by atoms with Crippen LogP contribution in [0.4, 0.5) is 0 Å². The largest absolute Gasteiger partial charge is 0.345 e. The van der Waals surface area contributed by atoms with E-state index in [1.807, 2.05) is 19.1 Å². The molecule has 1 amide bonds. The number of hydrogen-bond acceptors (Lipinski definition) is 2. The van der Waals surface area contributed by atoms with Gasteiger partial charge in [0.1, 0.15) is 0 Å². The van der Waals surface area contributed by atoms with Crippen molar-refractivity contribution >= 4 is 5.91 Å². The summed E-state index contributed by atoms with van der Waals surface area (Å²) in [6, 6.07) is 7.41. The molecule has 0 aliphatic heterocycles. The van der Waals surface area contributed by atoms with Gasteiger partial charge >= 0.3 is 0 Å². The Kier molecular flexibility index (Phi) is 3.25. The van der Waals surface area contributed by atoms with Crippen molar-refractivity contribution in [1.82, 2.24) is 4.90 Å². The third-order valence-electron chi connectivity index (χ3n) is 2.09. The van der Waals surface area contributed by atoms with E-state index in [9.17, 15) is 4.79 Å². The van der Waals surface area contributed by atoms with Crippen molar-refractivity contribution in [2.45, 2.75) is 13.0 Å². The van der Waals surface area contributed by atoms with E-state index in [0.29, 0.717) is 5.56 Å². The molecule has 3 heteroatoms. The Morgan fingerprint density at radius 1 is 1.29 bits per heavy atom. The molecule has 0 aliphatic carbocycles. The summed E-state index contributed by atoms with van der Waals surface area (Å²) in [5, 5.41) is 0. The first-order chi connectivity index (χ1) is 6.52. The van der Waals surface area contributed by atoms with Gasteiger partial charge in [-0.05, 0) is 24.6 Å². The van der Waals surface area contributed by atoms with Crippen LogP contribution in [-0.4, -0.2) is 24.9 Å². The summed E-state index contributed by atoms with van der Waals surface area (Å²) in [6.45, 7) is 1.92. The highest BCUT2D eigenvalue weighted by atomic mass is 16.2. The summed E-state index contributed by atoms with van der Waals surface area (Å²) < 4.78 is 0. The average molecular weight is 192 g/mol. The van der Waals surface area contributed by atoms with Gasteiger partial charge in [-0.15, -0.1) is 0 Å². The molecule has 76 valence electrons. The number of nitrogens with zero attached hydrogens (tertiary/aromatic N) is 1. The molecule has 0 heterocycles. The lowest BCUT2D eigenvalue weighted by atomic mass is 10.1. The van der Waals surface area contributed by atoms with Crippen molar-refractivity contribution in [1.29, 1.82) is 0 Å². The molecule has 2 N–H and O–H groups in total. The van der Waals surface area contributed by atoms with Crippen molar-refractivity contribution in [2.75, 3.05) is 14.1 Å². The van der Waals surface area contributed by atoms with Crippen LogP contribution < -0.4 is 5.73 Å². The average Bonchev–Trinajstić information content (AvgIpc) is 2.16. The fourth-order valence-corrected chi connectivity index (χ4v) is 1.19. The van der Waals surface area contributed by atoms with Gasteiger partial charge in [0.25, 0.3) is 5.91 Å². The molecule has 1 rings (SSSR count). The SMILES string of the molecule is C[C@H](N)c1ccc(C(=O)N(C)C)cc1. The van der Waals surface area contributed by atoms with Crippen LogP contribution in [0.25, 0.3) is 0 Å². The zero-order valence-corrected chi connectivity index (χ0v) is 8.82. The number of carbonyl (C=O) groups is 1. The van der Waals surface area contributed by atoms with E-state index in [1.165, 1.54) is 0 Å². The van der Waals surface area contributed by atoms with Gasteiger partial charge in [-0.1, -0.05) is 12.1 Å². The number of benzene rings is 1. The van der Waals surface area contributed by atoms with Crippen LogP contribution in [0.2, 0.25) is 0 Å². The molecule has 0 bridgehead atoms. The van der Waals surface area contributed by atoms with Gasteiger partial charge < -0.3 is 10.6 Å². The molecule has 0 spiro atoms. The molecule has 0 saturated heterocycles. The number of nitrogens with two attached hydrogens (primary N) is 1. The molecule has 0 aromatic heterocycles. The Balaban J connectivity index is 2.89. The Bertz CT molecular complexity index is 315. The third-order valence-corrected chi connectivity index (χ3v) is 2.09. The molecule has 1 aromatic rings. The smallest absolute Gasteiger partial charge is 0.253 e. The topological polar surface area (TPSA) is 46.3 Å². The zero-order chi connectivity index (χ0) is 10.7. The lowest BCUT2D eigenvalue weighted by Gasteiger charge is -2.11. The Morgan fingerprint density at radius 3 is 2.14 bits per heavy atom. The van der Waals surface area contributed by atoms with Crippen LogP contribution >= 0.6 is 0 Å². The number of rotatable bonds is 2. The monoisotopic (exact) mass is 192 g/mol. The van der Waals surface area contributed by atoms with E-state index in [2.05, 4.69) is 0 Å². The summed E-state index contributed by atoms with van der Waals surface area (Å²) in [5.41, 5.74) is 7.44. The minimum absolute atomic E-state index is 0.0125.